The molecule has 3 rings (SSSR count). The van der Waals surface area contributed by atoms with Gasteiger partial charge in [0.25, 0.3) is 5.91 Å². The van der Waals surface area contributed by atoms with E-state index in [1.54, 1.807) is 36.7 Å². The molecule has 28 heavy (non-hydrogen) atoms. The summed E-state index contributed by atoms with van der Waals surface area (Å²) in [6, 6.07) is 10.6. The Morgan fingerprint density at radius 1 is 1.18 bits per heavy atom. The number of hydrogen-bond donors (Lipinski definition) is 1. The van der Waals surface area contributed by atoms with Crippen LogP contribution in [0.15, 0.2) is 55.1 Å². The normalized spacial score (nSPS) is 10.4. The van der Waals surface area contributed by atoms with Crippen LogP contribution in [-0.2, 0) is 6.42 Å². The number of ether oxygens (including phenoxy) is 1. The highest BCUT2D eigenvalue weighted by atomic mass is 35.5. The van der Waals surface area contributed by atoms with Crippen LogP contribution in [0.2, 0.25) is 5.02 Å². The molecular formula is C20H20ClN5O2. The van der Waals surface area contributed by atoms with Crippen molar-refractivity contribution in [2.45, 2.75) is 6.42 Å². The zero-order valence-corrected chi connectivity index (χ0v) is 16.3. The molecule has 0 unspecified atom stereocenters. The average Bonchev–Trinajstić information content (AvgIpc) is 2.73. The van der Waals surface area contributed by atoms with Gasteiger partial charge in [0.15, 0.2) is 0 Å². The molecule has 0 bridgehead atoms. The number of methoxy groups -OCH3 is 1. The Bertz CT molecular complexity index is 952. The van der Waals surface area contributed by atoms with Crippen molar-refractivity contribution in [1.82, 2.24) is 15.0 Å². The summed E-state index contributed by atoms with van der Waals surface area (Å²) in [5.41, 5.74) is 1.91. The van der Waals surface area contributed by atoms with Crippen LogP contribution in [0.4, 0.5) is 11.5 Å². The van der Waals surface area contributed by atoms with E-state index in [1.165, 1.54) is 19.0 Å². The number of anilines is 2. The number of likely N-dealkylation sites (N-methyl/N-ethyl adjacent to an activating group) is 1. The van der Waals surface area contributed by atoms with Gasteiger partial charge in [-0.1, -0.05) is 11.6 Å². The van der Waals surface area contributed by atoms with Gasteiger partial charge in [-0.25, -0.2) is 9.97 Å². The highest BCUT2D eigenvalue weighted by Gasteiger charge is 2.14. The standard InChI is InChI=1S/C20H20ClN5O2/c1-26(10-7-14-5-8-22-9-6-14)19-12-17(23-13-24-19)20(27)25-16-11-15(21)3-4-18(16)28-2/h3-6,8-9,11-13H,7,10H2,1-2H3,(H,25,27). The van der Waals surface area contributed by atoms with E-state index in [1.807, 2.05) is 24.1 Å². The molecule has 144 valence electrons. The summed E-state index contributed by atoms with van der Waals surface area (Å²) in [7, 11) is 3.45. The summed E-state index contributed by atoms with van der Waals surface area (Å²) >= 11 is 6.01. The number of halogens is 1. The van der Waals surface area contributed by atoms with Crippen molar-refractivity contribution in [3.8, 4) is 5.75 Å². The van der Waals surface area contributed by atoms with Crippen molar-refractivity contribution in [3.63, 3.8) is 0 Å². The van der Waals surface area contributed by atoms with Crippen LogP contribution >= 0.6 is 11.6 Å². The third-order valence-corrected chi connectivity index (χ3v) is 4.41. The van der Waals surface area contributed by atoms with Crippen molar-refractivity contribution in [3.05, 3.63) is 71.4 Å². The van der Waals surface area contributed by atoms with Crippen LogP contribution < -0.4 is 15.0 Å². The number of pyridine rings is 1. The SMILES string of the molecule is COc1ccc(Cl)cc1NC(=O)c1cc(N(C)CCc2ccncc2)ncn1. The van der Waals surface area contributed by atoms with Crippen molar-refractivity contribution in [2.75, 3.05) is 30.9 Å². The Labute approximate surface area is 168 Å². The lowest BCUT2D eigenvalue weighted by atomic mass is 10.2. The van der Waals surface area contributed by atoms with Gasteiger partial charge >= 0.3 is 0 Å². The molecule has 8 heteroatoms. The number of nitrogens with zero attached hydrogens (tertiary/aromatic N) is 4. The Balaban J connectivity index is 1.70. The van der Waals surface area contributed by atoms with Crippen LogP contribution in [0.25, 0.3) is 0 Å². The molecule has 0 saturated carbocycles. The molecular weight excluding hydrogens is 378 g/mol. The summed E-state index contributed by atoms with van der Waals surface area (Å²) in [5, 5.41) is 3.27. The molecule has 2 heterocycles. The van der Waals surface area contributed by atoms with E-state index in [4.69, 9.17) is 16.3 Å². The topological polar surface area (TPSA) is 80.2 Å². The molecule has 0 spiro atoms. The highest BCUT2D eigenvalue weighted by molar-refractivity contribution is 6.31. The third kappa shape index (κ3) is 4.95. The van der Waals surface area contributed by atoms with Gasteiger partial charge in [-0.2, -0.15) is 0 Å². The second kappa shape index (κ2) is 9.14. The Morgan fingerprint density at radius 3 is 2.71 bits per heavy atom. The van der Waals surface area contributed by atoms with E-state index < -0.39 is 0 Å². The molecule has 0 fully saturated rings. The molecule has 1 amide bonds. The molecule has 0 atom stereocenters. The summed E-state index contributed by atoms with van der Waals surface area (Å²) in [6.45, 7) is 0.740. The lowest BCUT2D eigenvalue weighted by Gasteiger charge is -2.18. The highest BCUT2D eigenvalue weighted by Crippen LogP contribution is 2.28. The van der Waals surface area contributed by atoms with Crippen molar-refractivity contribution < 1.29 is 9.53 Å². The van der Waals surface area contributed by atoms with Crippen LogP contribution in [0.3, 0.4) is 0 Å². The van der Waals surface area contributed by atoms with Crippen molar-refractivity contribution >= 4 is 29.0 Å². The fourth-order valence-corrected chi connectivity index (χ4v) is 2.78. The number of nitrogens with one attached hydrogen (secondary N) is 1. The van der Waals surface area contributed by atoms with Gasteiger partial charge in [0.05, 0.1) is 12.8 Å². The van der Waals surface area contributed by atoms with Gasteiger partial charge in [-0.15, -0.1) is 0 Å². The molecule has 7 nitrogen and oxygen atoms in total. The summed E-state index contributed by atoms with van der Waals surface area (Å²) in [4.78, 5) is 27.0. The first kappa shape index (κ1) is 19.6. The van der Waals surface area contributed by atoms with E-state index in [9.17, 15) is 4.79 Å². The second-order valence-corrected chi connectivity index (χ2v) is 6.52. The first-order chi connectivity index (χ1) is 13.6. The number of rotatable bonds is 7. The molecule has 0 radical (unpaired) electrons. The van der Waals surface area contributed by atoms with E-state index in [0.29, 0.717) is 22.3 Å². The Kier molecular flexibility index (Phi) is 6.39. The van der Waals surface area contributed by atoms with Crippen LogP contribution in [-0.4, -0.2) is 41.6 Å². The molecule has 0 saturated heterocycles. The second-order valence-electron chi connectivity index (χ2n) is 6.09. The maximum Gasteiger partial charge on any atom is 0.274 e. The fraction of sp³-hybridized carbons (Fsp3) is 0.200. The molecule has 0 aliphatic carbocycles. The summed E-state index contributed by atoms with van der Waals surface area (Å²) < 4.78 is 5.25. The third-order valence-electron chi connectivity index (χ3n) is 4.17. The van der Waals surface area contributed by atoms with Crippen molar-refractivity contribution in [2.24, 2.45) is 0 Å². The largest absolute Gasteiger partial charge is 0.495 e. The lowest BCUT2D eigenvalue weighted by Crippen LogP contribution is -2.23. The van der Waals surface area contributed by atoms with Gasteiger partial charge < -0.3 is 15.0 Å². The smallest absolute Gasteiger partial charge is 0.274 e. The number of carbonyl (C=O) groups excluding carboxylic acids is 1. The van der Waals surface area contributed by atoms with Crippen LogP contribution in [0, 0.1) is 0 Å². The summed E-state index contributed by atoms with van der Waals surface area (Å²) in [5.74, 6) is 0.806. The molecule has 1 N–H and O–H groups in total. The van der Waals surface area contributed by atoms with Gasteiger partial charge in [0, 0.05) is 37.1 Å². The fourth-order valence-electron chi connectivity index (χ4n) is 2.61. The predicted octanol–water partition coefficient (Wildman–Crippen LogP) is 3.46. The first-order valence-corrected chi connectivity index (χ1v) is 9.01. The quantitative estimate of drug-likeness (QED) is 0.657. The minimum Gasteiger partial charge on any atom is -0.495 e. The van der Waals surface area contributed by atoms with E-state index in [2.05, 4.69) is 20.3 Å². The molecule has 2 aromatic heterocycles. The number of benzene rings is 1. The first-order valence-electron chi connectivity index (χ1n) is 8.64. The monoisotopic (exact) mass is 397 g/mol. The Hall–Kier alpha value is -3.19. The Morgan fingerprint density at radius 2 is 1.96 bits per heavy atom. The molecule has 0 aliphatic rings. The van der Waals surface area contributed by atoms with Crippen LogP contribution in [0.5, 0.6) is 5.75 Å². The van der Waals surface area contributed by atoms with E-state index in [0.717, 1.165) is 13.0 Å². The molecule has 1 aromatic carbocycles. The number of amides is 1. The maximum absolute atomic E-state index is 12.6. The van der Waals surface area contributed by atoms with Crippen LogP contribution in [0.1, 0.15) is 16.1 Å². The molecule has 0 aliphatic heterocycles. The van der Waals surface area contributed by atoms with Crippen molar-refractivity contribution in [1.29, 1.82) is 0 Å². The van der Waals surface area contributed by atoms with Gasteiger partial charge in [-0.05, 0) is 42.3 Å². The minimum atomic E-state index is -0.369. The van der Waals surface area contributed by atoms with Gasteiger partial charge in [0.2, 0.25) is 0 Å². The lowest BCUT2D eigenvalue weighted by molar-refractivity contribution is 0.102. The average molecular weight is 398 g/mol. The van der Waals surface area contributed by atoms with E-state index >= 15 is 0 Å². The zero-order chi connectivity index (χ0) is 19.9. The zero-order valence-electron chi connectivity index (χ0n) is 15.6. The maximum atomic E-state index is 12.6. The molecule has 3 aromatic rings. The minimum absolute atomic E-state index is 0.253. The van der Waals surface area contributed by atoms with Gasteiger partial charge in [-0.3, -0.25) is 9.78 Å². The number of hydrogen-bond acceptors (Lipinski definition) is 6. The van der Waals surface area contributed by atoms with Gasteiger partial charge in [0.1, 0.15) is 23.6 Å². The number of carbonyl (C=O) groups is 1. The number of aromatic nitrogens is 3. The van der Waals surface area contributed by atoms with E-state index in [-0.39, 0.29) is 11.6 Å². The predicted molar refractivity (Wildman–Crippen MR) is 109 cm³/mol. The summed E-state index contributed by atoms with van der Waals surface area (Å²) in [6.07, 6.45) is 5.76.